The summed E-state index contributed by atoms with van der Waals surface area (Å²) < 4.78 is 39.3. The van der Waals surface area contributed by atoms with E-state index in [-0.39, 0.29) is 5.92 Å². The first-order valence-corrected chi connectivity index (χ1v) is 6.39. The van der Waals surface area contributed by atoms with Crippen LogP contribution in [0.3, 0.4) is 0 Å². The lowest BCUT2D eigenvalue weighted by molar-refractivity contribution is -0.141. The van der Waals surface area contributed by atoms with Crippen LogP contribution in [-0.2, 0) is 12.7 Å². The molecule has 0 bridgehead atoms. The van der Waals surface area contributed by atoms with Crippen LogP contribution >= 0.6 is 0 Å². The lowest BCUT2D eigenvalue weighted by Gasteiger charge is -2.25. The third kappa shape index (κ3) is 2.37. The molecule has 1 aromatic heterocycles. The molecule has 3 rings (SSSR count). The molecule has 106 valence electrons. The molecule has 2 aromatic rings. The Bertz CT molecular complexity index is 614. The smallest absolute Gasteiger partial charge is 0.370 e. The highest BCUT2D eigenvalue weighted by Crippen LogP contribution is 2.33. The molecule has 0 saturated heterocycles. The van der Waals surface area contributed by atoms with Crippen LogP contribution in [0.2, 0.25) is 0 Å². The third-order valence-corrected chi connectivity index (χ3v) is 3.54. The van der Waals surface area contributed by atoms with E-state index in [1.807, 2.05) is 31.2 Å². The Morgan fingerprint density at radius 1 is 1.25 bits per heavy atom. The molecule has 0 aliphatic carbocycles. The van der Waals surface area contributed by atoms with Crippen LogP contribution < -0.4 is 5.32 Å². The van der Waals surface area contributed by atoms with Gasteiger partial charge in [0, 0.05) is 18.5 Å². The normalized spacial score (nSPS) is 18.5. The van der Waals surface area contributed by atoms with Crippen molar-refractivity contribution in [2.45, 2.75) is 25.6 Å². The number of rotatable bonds is 1. The average molecular weight is 281 g/mol. The highest BCUT2D eigenvalue weighted by Gasteiger charge is 2.36. The molecule has 2 heterocycles. The number of hydrogen-bond donors (Lipinski definition) is 1. The summed E-state index contributed by atoms with van der Waals surface area (Å²) in [5.74, 6) is 0.560. The van der Waals surface area contributed by atoms with Gasteiger partial charge >= 0.3 is 6.18 Å². The Hall–Kier alpha value is -1.98. The first kappa shape index (κ1) is 13.0. The largest absolute Gasteiger partial charge is 0.435 e. The number of benzene rings is 1. The van der Waals surface area contributed by atoms with Crippen LogP contribution in [0.1, 0.15) is 22.7 Å². The van der Waals surface area contributed by atoms with Gasteiger partial charge in [-0.1, -0.05) is 29.8 Å². The van der Waals surface area contributed by atoms with Crippen LogP contribution in [-0.4, -0.2) is 16.3 Å². The Morgan fingerprint density at radius 2 is 1.95 bits per heavy atom. The van der Waals surface area contributed by atoms with E-state index in [1.165, 1.54) is 4.68 Å². The SMILES string of the molecule is Cc1ccc(C2CNc3cc(C(F)(F)F)nn3C2)cc1. The summed E-state index contributed by atoms with van der Waals surface area (Å²) in [5.41, 5.74) is 1.43. The Kier molecular flexibility index (Phi) is 2.96. The molecular weight excluding hydrogens is 267 g/mol. The topological polar surface area (TPSA) is 29.9 Å². The highest BCUT2D eigenvalue weighted by atomic mass is 19.4. The lowest BCUT2D eigenvalue weighted by atomic mass is 9.97. The van der Waals surface area contributed by atoms with Crippen molar-refractivity contribution in [2.24, 2.45) is 0 Å². The zero-order valence-corrected chi connectivity index (χ0v) is 10.9. The van der Waals surface area contributed by atoms with Crippen molar-refractivity contribution in [3.63, 3.8) is 0 Å². The molecule has 6 heteroatoms. The van der Waals surface area contributed by atoms with Crippen molar-refractivity contribution in [2.75, 3.05) is 11.9 Å². The van der Waals surface area contributed by atoms with Gasteiger partial charge in [0.25, 0.3) is 0 Å². The fourth-order valence-electron chi connectivity index (χ4n) is 2.40. The maximum Gasteiger partial charge on any atom is 0.435 e. The summed E-state index contributed by atoms with van der Waals surface area (Å²) in [6.07, 6.45) is -4.40. The highest BCUT2D eigenvalue weighted by molar-refractivity contribution is 5.41. The zero-order chi connectivity index (χ0) is 14.3. The van der Waals surface area contributed by atoms with Gasteiger partial charge in [-0.15, -0.1) is 0 Å². The number of anilines is 1. The maximum atomic E-state index is 12.6. The molecule has 1 N–H and O–H groups in total. The monoisotopic (exact) mass is 281 g/mol. The van der Waals surface area contributed by atoms with Crippen LogP contribution in [0.15, 0.2) is 30.3 Å². The Labute approximate surface area is 114 Å². The average Bonchev–Trinajstić information content (AvgIpc) is 2.82. The van der Waals surface area contributed by atoms with E-state index in [1.54, 1.807) is 0 Å². The van der Waals surface area contributed by atoms with Gasteiger partial charge in [0.2, 0.25) is 0 Å². The second-order valence-corrected chi connectivity index (χ2v) is 5.08. The summed E-state index contributed by atoms with van der Waals surface area (Å²) in [7, 11) is 0. The van der Waals surface area contributed by atoms with Crippen LogP contribution in [0.4, 0.5) is 19.0 Å². The molecule has 1 unspecified atom stereocenters. The number of aromatic nitrogens is 2. The Morgan fingerprint density at radius 3 is 2.60 bits per heavy atom. The molecule has 1 aliphatic rings. The Balaban J connectivity index is 1.85. The molecule has 3 nitrogen and oxygen atoms in total. The van der Waals surface area contributed by atoms with E-state index in [9.17, 15) is 13.2 Å². The molecule has 0 spiro atoms. The molecule has 20 heavy (non-hydrogen) atoms. The standard InChI is InChI=1S/C14H14F3N3/c1-9-2-4-10(5-3-9)11-7-18-13-6-12(14(15,16)17)19-20(13)8-11/h2-6,11,18H,7-8H2,1H3. The van der Waals surface area contributed by atoms with Gasteiger partial charge in [-0.2, -0.15) is 18.3 Å². The molecule has 0 saturated carbocycles. The lowest BCUT2D eigenvalue weighted by Crippen LogP contribution is -2.26. The molecule has 0 amide bonds. The molecule has 1 aromatic carbocycles. The van der Waals surface area contributed by atoms with Gasteiger partial charge in [0.1, 0.15) is 5.82 Å². The van der Waals surface area contributed by atoms with Gasteiger partial charge in [-0.25, -0.2) is 4.68 Å². The number of halogens is 3. The van der Waals surface area contributed by atoms with Crippen LogP contribution in [0.5, 0.6) is 0 Å². The minimum Gasteiger partial charge on any atom is -0.370 e. The van der Waals surface area contributed by atoms with E-state index in [0.29, 0.717) is 18.9 Å². The number of nitrogens with one attached hydrogen (secondary N) is 1. The minimum absolute atomic E-state index is 0.129. The molecule has 0 fully saturated rings. The van der Waals surface area contributed by atoms with E-state index < -0.39 is 11.9 Å². The van der Waals surface area contributed by atoms with Crippen LogP contribution in [0.25, 0.3) is 0 Å². The van der Waals surface area contributed by atoms with E-state index in [0.717, 1.165) is 17.2 Å². The second kappa shape index (κ2) is 4.54. The summed E-state index contributed by atoms with van der Waals surface area (Å²) in [5, 5.41) is 6.66. The fraction of sp³-hybridized carbons (Fsp3) is 0.357. The quantitative estimate of drug-likeness (QED) is 0.868. The van der Waals surface area contributed by atoms with E-state index >= 15 is 0 Å². The molecule has 1 aliphatic heterocycles. The van der Waals surface area contributed by atoms with E-state index in [2.05, 4.69) is 10.4 Å². The third-order valence-electron chi connectivity index (χ3n) is 3.54. The first-order valence-electron chi connectivity index (χ1n) is 6.39. The predicted octanol–water partition coefficient (Wildman–Crippen LogP) is 3.42. The molecular formula is C14H14F3N3. The summed E-state index contributed by atoms with van der Waals surface area (Å²) in [4.78, 5) is 0. The molecule has 1 atom stereocenters. The summed E-state index contributed by atoms with van der Waals surface area (Å²) >= 11 is 0. The predicted molar refractivity (Wildman–Crippen MR) is 69.6 cm³/mol. The van der Waals surface area contributed by atoms with Crippen molar-refractivity contribution in [1.29, 1.82) is 0 Å². The minimum atomic E-state index is -4.40. The number of nitrogens with zero attached hydrogens (tertiary/aromatic N) is 2. The maximum absolute atomic E-state index is 12.6. The van der Waals surface area contributed by atoms with Crippen LogP contribution in [0, 0.1) is 6.92 Å². The number of alkyl halides is 3. The van der Waals surface area contributed by atoms with Crippen molar-refractivity contribution in [3.8, 4) is 0 Å². The molecule has 0 radical (unpaired) electrons. The van der Waals surface area contributed by atoms with Crippen molar-refractivity contribution in [3.05, 3.63) is 47.2 Å². The van der Waals surface area contributed by atoms with Gasteiger partial charge in [0.05, 0.1) is 6.54 Å². The number of aryl methyl sites for hydroxylation is 1. The number of fused-ring (bicyclic) bond motifs is 1. The number of hydrogen-bond acceptors (Lipinski definition) is 2. The van der Waals surface area contributed by atoms with Crippen molar-refractivity contribution >= 4 is 5.82 Å². The van der Waals surface area contributed by atoms with Gasteiger partial charge < -0.3 is 5.32 Å². The van der Waals surface area contributed by atoms with Gasteiger partial charge in [-0.05, 0) is 12.5 Å². The zero-order valence-electron chi connectivity index (χ0n) is 10.9. The van der Waals surface area contributed by atoms with Gasteiger partial charge in [0.15, 0.2) is 5.69 Å². The van der Waals surface area contributed by atoms with Gasteiger partial charge in [-0.3, -0.25) is 0 Å². The fourth-order valence-corrected chi connectivity index (χ4v) is 2.40. The van der Waals surface area contributed by atoms with Crippen molar-refractivity contribution < 1.29 is 13.2 Å². The summed E-state index contributed by atoms with van der Waals surface area (Å²) in [6, 6.07) is 9.11. The second-order valence-electron chi connectivity index (χ2n) is 5.08. The summed E-state index contributed by atoms with van der Waals surface area (Å²) in [6.45, 7) is 3.08. The first-order chi connectivity index (χ1) is 9.43. The van der Waals surface area contributed by atoms with Crippen molar-refractivity contribution in [1.82, 2.24) is 9.78 Å². The van der Waals surface area contributed by atoms with E-state index in [4.69, 9.17) is 0 Å².